The highest BCUT2D eigenvalue weighted by atomic mass is 16.3. The molecule has 2 aromatic carbocycles. The lowest BCUT2D eigenvalue weighted by Crippen LogP contribution is -2.42. The van der Waals surface area contributed by atoms with Gasteiger partial charge in [0.15, 0.2) is 0 Å². The average molecular weight is 268 g/mol. The molecule has 4 nitrogen and oxygen atoms in total. The number of amides is 1. The van der Waals surface area contributed by atoms with Crippen LogP contribution >= 0.6 is 0 Å². The summed E-state index contributed by atoms with van der Waals surface area (Å²) in [6.07, 6.45) is 0.742. The lowest BCUT2D eigenvalue weighted by Gasteiger charge is -2.27. The highest BCUT2D eigenvalue weighted by molar-refractivity contribution is 5.97. The number of aromatic hydroxyl groups is 1. The first-order valence-corrected chi connectivity index (χ1v) is 6.66. The summed E-state index contributed by atoms with van der Waals surface area (Å²) >= 11 is 0. The lowest BCUT2D eigenvalue weighted by molar-refractivity contribution is 0.0924. The first-order chi connectivity index (χ1) is 9.75. The summed E-state index contributed by atoms with van der Waals surface area (Å²) in [6, 6.07) is 14.6. The maximum atomic E-state index is 12.2. The molecule has 20 heavy (non-hydrogen) atoms. The fraction of sp³-hybridized carbons (Fsp3) is 0.188. The van der Waals surface area contributed by atoms with Crippen LogP contribution in [0.4, 0.5) is 0 Å². The van der Waals surface area contributed by atoms with Crippen LogP contribution in [-0.4, -0.2) is 17.6 Å². The summed E-state index contributed by atoms with van der Waals surface area (Å²) in [5.41, 5.74) is 2.62. The van der Waals surface area contributed by atoms with Gasteiger partial charge in [-0.05, 0) is 29.7 Å². The van der Waals surface area contributed by atoms with E-state index in [9.17, 15) is 9.90 Å². The van der Waals surface area contributed by atoms with Crippen LogP contribution in [0.25, 0.3) is 0 Å². The van der Waals surface area contributed by atoms with Gasteiger partial charge in [0.2, 0.25) is 0 Å². The van der Waals surface area contributed by atoms with Gasteiger partial charge < -0.3 is 10.4 Å². The largest absolute Gasteiger partial charge is 0.507 e. The molecule has 0 aliphatic carbocycles. The Bertz CT molecular complexity index is 640. The van der Waals surface area contributed by atoms with Crippen molar-refractivity contribution in [1.82, 2.24) is 10.6 Å². The Morgan fingerprint density at radius 2 is 1.90 bits per heavy atom. The Morgan fingerprint density at radius 3 is 2.75 bits per heavy atom. The summed E-state index contributed by atoms with van der Waals surface area (Å²) in [4.78, 5) is 12.2. The van der Waals surface area contributed by atoms with Gasteiger partial charge in [-0.3, -0.25) is 10.1 Å². The molecule has 0 bridgehead atoms. The van der Waals surface area contributed by atoms with Gasteiger partial charge in [-0.2, -0.15) is 0 Å². The molecule has 1 amide bonds. The second-order valence-electron chi connectivity index (χ2n) is 4.83. The average Bonchev–Trinajstić information content (AvgIpc) is 2.48. The molecule has 3 rings (SSSR count). The van der Waals surface area contributed by atoms with Crippen molar-refractivity contribution < 1.29 is 9.90 Å². The molecule has 0 fully saturated rings. The molecule has 1 heterocycles. The predicted octanol–water partition coefficient (Wildman–Crippen LogP) is 1.97. The van der Waals surface area contributed by atoms with E-state index in [-0.39, 0.29) is 23.4 Å². The molecule has 1 aliphatic heterocycles. The molecule has 102 valence electrons. The van der Waals surface area contributed by atoms with Crippen LogP contribution in [0.5, 0.6) is 5.75 Å². The second-order valence-corrected chi connectivity index (χ2v) is 4.83. The molecule has 0 spiro atoms. The molecular formula is C16H16N2O2. The number of rotatable bonds is 2. The van der Waals surface area contributed by atoms with E-state index in [1.807, 2.05) is 18.2 Å². The number of phenolic OH excluding ortho intramolecular Hbond substituents is 1. The third kappa shape index (κ3) is 2.38. The van der Waals surface area contributed by atoms with Crippen molar-refractivity contribution in [2.45, 2.75) is 12.6 Å². The normalized spacial score (nSPS) is 17.3. The van der Waals surface area contributed by atoms with Crippen LogP contribution in [0.1, 0.15) is 27.7 Å². The number of carbonyl (C=O) groups excluding carboxylic acids is 1. The van der Waals surface area contributed by atoms with E-state index < -0.39 is 0 Å². The molecule has 1 unspecified atom stereocenters. The molecule has 0 saturated heterocycles. The lowest BCUT2D eigenvalue weighted by atomic mass is 9.98. The maximum absolute atomic E-state index is 12.2. The second kappa shape index (κ2) is 5.35. The number of para-hydroxylation sites is 1. The Labute approximate surface area is 117 Å². The molecule has 0 saturated carbocycles. The van der Waals surface area contributed by atoms with E-state index in [1.165, 1.54) is 11.6 Å². The summed E-state index contributed by atoms with van der Waals surface area (Å²) < 4.78 is 0. The number of fused-ring (bicyclic) bond motifs is 1. The number of hydrogen-bond acceptors (Lipinski definition) is 3. The van der Waals surface area contributed by atoms with Crippen molar-refractivity contribution in [2.75, 3.05) is 6.54 Å². The fourth-order valence-electron chi connectivity index (χ4n) is 2.51. The fourth-order valence-corrected chi connectivity index (χ4v) is 2.51. The molecule has 4 heteroatoms. The van der Waals surface area contributed by atoms with E-state index in [4.69, 9.17) is 0 Å². The minimum atomic E-state index is -0.280. The van der Waals surface area contributed by atoms with Crippen molar-refractivity contribution >= 4 is 5.91 Å². The maximum Gasteiger partial charge on any atom is 0.256 e. The van der Waals surface area contributed by atoms with E-state index in [2.05, 4.69) is 16.7 Å². The Morgan fingerprint density at radius 1 is 1.15 bits per heavy atom. The van der Waals surface area contributed by atoms with E-state index in [0.717, 1.165) is 18.5 Å². The van der Waals surface area contributed by atoms with Gasteiger partial charge in [-0.1, -0.05) is 36.4 Å². The topological polar surface area (TPSA) is 61.4 Å². The zero-order valence-corrected chi connectivity index (χ0v) is 11.0. The van der Waals surface area contributed by atoms with Gasteiger partial charge in [0.05, 0.1) is 5.56 Å². The van der Waals surface area contributed by atoms with E-state index in [0.29, 0.717) is 0 Å². The molecule has 3 N–H and O–H groups in total. The van der Waals surface area contributed by atoms with Gasteiger partial charge in [0.25, 0.3) is 5.91 Å². The van der Waals surface area contributed by atoms with Crippen molar-refractivity contribution in [3.8, 4) is 5.75 Å². The van der Waals surface area contributed by atoms with E-state index >= 15 is 0 Å². The number of nitrogens with one attached hydrogen (secondary N) is 2. The first kappa shape index (κ1) is 12.7. The molecular weight excluding hydrogens is 252 g/mol. The Kier molecular flexibility index (Phi) is 3.39. The van der Waals surface area contributed by atoms with Crippen LogP contribution in [-0.2, 0) is 6.42 Å². The van der Waals surface area contributed by atoms with Crippen LogP contribution in [0.2, 0.25) is 0 Å². The molecule has 1 atom stereocenters. The molecule has 2 aromatic rings. The predicted molar refractivity (Wildman–Crippen MR) is 76.5 cm³/mol. The smallest absolute Gasteiger partial charge is 0.256 e. The number of carbonyl (C=O) groups is 1. The summed E-state index contributed by atoms with van der Waals surface area (Å²) in [5.74, 6) is -0.286. The van der Waals surface area contributed by atoms with Gasteiger partial charge in [-0.25, -0.2) is 0 Å². The summed E-state index contributed by atoms with van der Waals surface area (Å²) in [7, 11) is 0. The van der Waals surface area contributed by atoms with Gasteiger partial charge in [-0.15, -0.1) is 0 Å². The Balaban J connectivity index is 1.83. The third-order valence-electron chi connectivity index (χ3n) is 3.53. The van der Waals surface area contributed by atoms with Gasteiger partial charge in [0, 0.05) is 6.54 Å². The minimum absolute atomic E-state index is 0.00547. The Hall–Kier alpha value is -2.33. The molecule has 0 aromatic heterocycles. The van der Waals surface area contributed by atoms with Crippen molar-refractivity contribution in [2.24, 2.45) is 0 Å². The summed E-state index contributed by atoms with van der Waals surface area (Å²) in [6.45, 7) is 0.822. The minimum Gasteiger partial charge on any atom is -0.507 e. The van der Waals surface area contributed by atoms with Crippen LogP contribution in [0, 0.1) is 0 Å². The number of hydrogen-bond donors (Lipinski definition) is 3. The number of phenols is 1. The SMILES string of the molecule is O=C(NC1NCCc2ccccc21)c1ccccc1O. The van der Waals surface area contributed by atoms with Crippen molar-refractivity contribution in [1.29, 1.82) is 0 Å². The standard InChI is InChI=1S/C16H16N2O2/c19-14-8-4-3-7-13(14)16(20)18-15-12-6-2-1-5-11(12)9-10-17-15/h1-8,15,17,19H,9-10H2,(H,18,20). The van der Waals surface area contributed by atoms with Crippen molar-refractivity contribution in [3.05, 3.63) is 65.2 Å². The highest BCUT2D eigenvalue weighted by Gasteiger charge is 2.22. The van der Waals surface area contributed by atoms with Gasteiger partial charge in [0.1, 0.15) is 11.9 Å². The number of benzene rings is 2. The molecule has 1 aliphatic rings. The monoisotopic (exact) mass is 268 g/mol. The van der Waals surface area contributed by atoms with Crippen LogP contribution in [0.15, 0.2) is 48.5 Å². The van der Waals surface area contributed by atoms with Crippen LogP contribution in [0.3, 0.4) is 0 Å². The van der Waals surface area contributed by atoms with Crippen molar-refractivity contribution in [3.63, 3.8) is 0 Å². The molecule has 0 radical (unpaired) electrons. The summed E-state index contributed by atoms with van der Waals surface area (Å²) in [5, 5.41) is 15.9. The van der Waals surface area contributed by atoms with E-state index in [1.54, 1.807) is 18.2 Å². The zero-order valence-electron chi connectivity index (χ0n) is 11.0. The highest BCUT2D eigenvalue weighted by Crippen LogP contribution is 2.22. The first-order valence-electron chi connectivity index (χ1n) is 6.66. The van der Waals surface area contributed by atoms with Crippen LogP contribution < -0.4 is 10.6 Å². The third-order valence-corrected chi connectivity index (χ3v) is 3.53. The van der Waals surface area contributed by atoms with Gasteiger partial charge >= 0.3 is 0 Å². The quantitative estimate of drug-likeness (QED) is 0.780. The zero-order chi connectivity index (χ0) is 13.9.